The largest absolute Gasteiger partial charge is 0.337 e. The number of nitrogens with zero attached hydrogens (tertiary/aromatic N) is 1. The number of hydrogen-bond acceptors (Lipinski definition) is 4. The van der Waals surface area contributed by atoms with E-state index < -0.39 is 0 Å². The van der Waals surface area contributed by atoms with Crippen LogP contribution < -0.4 is 5.32 Å². The maximum atomic E-state index is 12.2. The third-order valence-corrected chi connectivity index (χ3v) is 5.16. The van der Waals surface area contributed by atoms with E-state index in [2.05, 4.69) is 22.8 Å². The van der Waals surface area contributed by atoms with Gasteiger partial charge in [-0.15, -0.1) is 11.3 Å². The van der Waals surface area contributed by atoms with Crippen LogP contribution in [0.1, 0.15) is 11.3 Å². The molecule has 19 heavy (non-hydrogen) atoms. The van der Waals surface area contributed by atoms with Crippen LogP contribution in [0.3, 0.4) is 0 Å². The molecule has 1 unspecified atom stereocenters. The van der Waals surface area contributed by atoms with Gasteiger partial charge in [0.2, 0.25) is 5.91 Å². The number of carbonyl (C=O) groups is 2. The molecule has 0 spiro atoms. The van der Waals surface area contributed by atoms with Crippen LogP contribution in [0.2, 0.25) is 0 Å². The zero-order valence-electron chi connectivity index (χ0n) is 10.3. The van der Waals surface area contributed by atoms with E-state index in [-0.39, 0.29) is 17.2 Å². The van der Waals surface area contributed by atoms with Crippen LogP contribution in [0.4, 0.5) is 4.79 Å². The van der Waals surface area contributed by atoms with Crippen molar-refractivity contribution >= 4 is 39.8 Å². The Kier molecular flexibility index (Phi) is 3.61. The third kappa shape index (κ3) is 2.69. The van der Waals surface area contributed by atoms with E-state index in [0.717, 1.165) is 13.0 Å². The lowest BCUT2D eigenvalue weighted by Gasteiger charge is -2.28. The molecule has 2 aliphatic heterocycles. The molecular weight excluding hydrogens is 280 g/mol. The molecule has 0 saturated carbocycles. The lowest BCUT2D eigenvalue weighted by molar-refractivity contribution is -0.132. The number of rotatable bonds is 2. The zero-order valence-corrected chi connectivity index (χ0v) is 11.9. The van der Waals surface area contributed by atoms with E-state index in [1.54, 1.807) is 11.3 Å². The maximum absolute atomic E-state index is 12.2. The highest BCUT2D eigenvalue weighted by atomic mass is 32.2. The summed E-state index contributed by atoms with van der Waals surface area (Å²) in [4.78, 5) is 26.4. The highest BCUT2D eigenvalue weighted by molar-refractivity contribution is 8.14. The summed E-state index contributed by atoms with van der Waals surface area (Å²) in [5.41, 5.74) is 1.32. The van der Waals surface area contributed by atoms with Crippen LogP contribution in [-0.4, -0.2) is 40.9 Å². The minimum Gasteiger partial charge on any atom is -0.337 e. The number of thioether (sulfide) groups is 1. The van der Waals surface area contributed by atoms with Crippen LogP contribution in [0.5, 0.6) is 0 Å². The number of carbonyl (C=O) groups excluding carboxylic acids is 2. The van der Waals surface area contributed by atoms with Gasteiger partial charge in [-0.25, -0.2) is 0 Å². The van der Waals surface area contributed by atoms with Crippen LogP contribution in [0, 0.1) is 0 Å². The monoisotopic (exact) mass is 294 g/mol. The quantitative estimate of drug-likeness (QED) is 0.909. The molecule has 2 amide bonds. The molecule has 1 N–H and O–H groups in total. The smallest absolute Gasteiger partial charge is 0.279 e. The first-order chi connectivity index (χ1) is 9.24. The van der Waals surface area contributed by atoms with E-state index in [1.165, 1.54) is 22.2 Å². The molecule has 4 nitrogen and oxygen atoms in total. The highest BCUT2D eigenvalue weighted by Gasteiger charge is 2.31. The minimum atomic E-state index is -0.339. The van der Waals surface area contributed by atoms with Gasteiger partial charge < -0.3 is 10.2 Å². The van der Waals surface area contributed by atoms with Crippen molar-refractivity contribution in [3.63, 3.8) is 0 Å². The molecule has 1 saturated heterocycles. The van der Waals surface area contributed by atoms with Crippen molar-refractivity contribution in [3.8, 4) is 0 Å². The molecule has 2 aliphatic rings. The fraction of sp³-hybridized carbons (Fsp3) is 0.385. The van der Waals surface area contributed by atoms with Gasteiger partial charge in [0.15, 0.2) is 0 Å². The summed E-state index contributed by atoms with van der Waals surface area (Å²) in [5.74, 6) is 0.593. The second kappa shape index (κ2) is 5.38. The molecule has 100 valence electrons. The molecule has 1 fully saturated rings. The summed E-state index contributed by atoms with van der Waals surface area (Å²) >= 11 is 2.92. The Morgan fingerprint density at radius 2 is 2.37 bits per heavy atom. The van der Waals surface area contributed by atoms with Crippen LogP contribution >= 0.6 is 23.1 Å². The Hall–Kier alpha value is -1.27. The predicted molar refractivity (Wildman–Crippen MR) is 78.3 cm³/mol. The molecule has 0 radical (unpaired) electrons. The van der Waals surface area contributed by atoms with Gasteiger partial charge in [-0.1, -0.05) is 23.9 Å². The van der Waals surface area contributed by atoms with Crippen molar-refractivity contribution < 1.29 is 9.59 Å². The van der Waals surface area contributed by atoms with Gasteiger partial charge in [0.05, 0.1) is 0 Å². The molecule has 1 atom stereocenters. The Balaban J connectivity index is 1.63. The number of hydrogen-bond donors (Lipinski definition) is 1. The van der Waals surface area contributed by atoms with Gasteiger partial charge in [-0.3, -0.25) is 9.59 Å². The summed E-state index contributed by atoms with van der Waals surface area (Å²) in [5, 5.41) is 4.68. The van der Waals surface area contributed by atoms with Crippen molar-refractivity contribution in [2.45, 2.75) is 12.5 Å². The SMILES string of the molecule is O=C1NC(C(=O)N2CC=C(c3cccs3)CC2)CS1. The van der Waals surface area contributed by atoms with Crippen molar-refractivity contribution in [1.82, 2.24) is 10.2 Å². The Morgan fingerprint density at radius 3 is 2.95 bits per heavy atom. The summed E-state index contributed by atoms with van der Waals surface area (Å²) in [7, 11) is 0. The molecule has 1 aromatic heterocycles. The second-order valence-electron chi connectivity index (χ2n) is 4.54. The average Bonchev–Trinajstić information content (AvgIpc) is 3.09. The standard InChI is InChI=1S/C13H14N2O2S2/c16-12(10-8-19-13(17)14-10)15-5-3-9(4-6-15)11-2-1-7-18-11/h1-3,7,10H,4-6,8H2,(H,14,17). The number of amides is 2. The highest BCUT2D eigenvalue weighted by Crippen LogP contribution is 2.26. The molecule has 0 aliphatic carbocycles. The summed E-state index contributed by atoms with van der Waals surface area (Å²) in [6.07, 6.45) is 3.01. The summed E-state index contributed by atoms with van der Waals surface area (Å²) in [6, 6.07) is 3.82. The molecule has 1 aromatic rings. The van der Waals surface area contributed by atoms with Gasteiger partial charge >= 0.3 is 0 Å². The molecule has 6 heteroatoms. The molecule has 3 rings (SSSR count). The maximum Gasteiger partial charge on any atom is 0.279 e. The predicted octanol–water partition coefficient (Wildman–Crippen LogP) is 2.19. The van der Waals surface area contributed by atoms with Crippen molar-refractivity contribution in [3.05, 3.63) is 28.5 Å². The van der Waals surface area contributed by atoms with Gasteiger partial charge in [0.25, 0.3) is 5.24 Å². The zero-order chi connectivity index (χ0) is 13.2. The van der Waals surface area contributed by atoms with E-state index in [4.69, 9.17) is 0 Å². The number of nitrogens with one attached hydrogen (secondary N) is 1. The van der Waals surface area contributed by atoms with Crippen LogP contribution in [0.25, 0.3) is 5.57 Å². The van der Waals surface area contributed by atoms with Gasteiger partial charge in [-0.2, -0.15) is 0 Å². The van der Waals surface area contributed by atoms with Crippen molar-refractivity contribution in [2.24, 2.45) is 0 Å². The van der Waals surface area contributed by atoms with E-state index in [1.807, 2.05) is 11.0 Å². The van der Waals surface area contributed by atoms with Crippen LogP contribution in [0.15, 0.2) is 23.6 Å². The molecule has 3 heterocycles. The Morgan fingerprint density at radius 1 is 1.47 bits per heavy atom. The van der Waals surface area contributed by atoms with E-state index >= 15 is 0 Å². The van der Waals surface area contributed by atoms with Gasteiger partial charge in [0, 0.05) is 23.7 Å². The first-order valence-electron chi connectivity index (χ1n) is 6.19. The Labute approximate surface area is 119 Å². The average molecular weight is 294 g/mol. The van der Waals surface area contributed by atoms with E-state index in [0.29, 0.717) is 12.3 Å². The summed E-state index contributed by atoms with van der Waals surface area (Å²) in [6.45, 7) is 1.38. The normalized spacial score (nSPS) is 23.2. The topological polar surface area (TPSA) is 49.4 Å². The molecular formula is C13H14N2O2S2. The first-order valence-corrected chi connectivity index (χ1v) is 8.05. The van der Waals surface area contributed by atoms with E-state index in [9.17, 15) is 9.59 Å². The van der Waals surface area contributed by atoms with Crippen LogP contribution in [-0.2, 0) is 4.79 Å². The minimum absolute atomic E-state index is 0.0415. The second-order valence-corrected chi connectivity index (χ2v) is 6.48. The van der Waals surface area contributed by atoms with Gasteiger partial charge in [0.1, 0.15) is 6.04 Å². The first kappa shape index (κ1) is 12.7. The lowest BCUT2D eigenvalue weighted by Crippen LogP contribution is -2.46. The fourth-order valence-corrected chi connectivity index (χ4v) is 3.86. The van der Waals surface area contributed by atoms with Crippen molar-refractivity contribution in [1.29, 1.82) is 0 Å². The Bertz CT molecular complexity index is 525. The third-order valence-electron chi connectivity index (χ3n) is 3.33. The number of thiophene rings is 1. The van der Waals surface area contributed by atoms with Gasteiger partial charge in [-0.05, 0) is 23.4 Å². The summed E-state index contributed by atoms with van der Waals surface area (Å²) < 4.78 is 0. The van der Waals surface area contributed by atoms with Crippen molar-refractivity contribution in [2.75, 3.05) is 18.8 Å². The fourth-order valence-electron chi connectivity index (χ4n) is 2.29. The molecule has 0 aromatic carbocycles. The lowest BCUT2D eigenvalue weighted by atomic mass is 10.1. The molecule has 0 bridgehead atoms.